The first-order valence-corrected chi connectivity index (χ1v) is 7.13. The van der Waals surface area contributed by atoms with E-state index >= 15 is 0 Å². The molecule has 0 saturated carbocycles. The number of rotatable bonds is 3. The molecule has 0 heterocycles. The summed E-state index contributed by atoms with van der Waals surface area (Å²) in [4.78, 5) is 12.3. The van der Waals surface area contributed by atoms with Gasteiger partial charge in [-0.1, -0.05) is 48.3 Å². The summed E-state index contributed by atoms with van der Waals surface area (Å²) in [5.74, 6) is -0.226. The van der Waals surface area contributed by atoms with Crippen LogP contribution in [0.1, 0.15) is 28.4 Å². The van der Waals surface area contributed by atoms with Crippen LogP contribution < -0.4 is 5.32 Å². The number of aryl methyl sites for hydroxylation is 2. The Bertz CT molecular complexity index is 653. The Labute approximate surface area is 128 Å². The molecule has 0 aliphatic carbocycles. The molecule has 2 aromatic rings. The molecule has 0 spiro atoms. The quantitative estimate of drug-likeness (QED) is 0.838. The SMILES string of the molecule is CCc1cccc(C)c1NC(=O)c1ccc(Cl)cc1Cl. The van der Waals surface area contributed by atoms with Crippen molar-refractivity contribution < 1.29 is 4.79 Å². The molecule has 0 atom stereocenters. The lowest BCUT2D eigenvalue weighted by molar-refractivity contribution is 0.102. The number of nitrogens with one attached hydrogen (secondary N) is 1. The largest absolute Gasteiger partial charge is 0.321 e. The summed E-state index contributed by atoms with van der Waals surface area (Å²) in [6.07, 6.45) is 0.853. The van der Waals surface area contributed by atoms with E-state index in [9.17, 15) is 4.79 Å². The number of hydrogen-bond donors (Lipinski definition) is 1. The van der Waals surface area contributed by atoms with Crippen molar-refractivity contribution in [3.05, 3.63) is 63.1 Å². The van der Waals surface area contributed by atoms with E-state index in [-0.39, 0.29) is 5.91 Å². The van der Waals surface area contributed by atoms with E-state index in [1.807, 2.05) is 25.1 Å². The maximum atomic E-state index is 12.3. The molecule has 0 radical (unpaired) electrons. The van der Waals surface area contributed by atoms with Gasteiger partial charge in [0.25, 0.3) is 5.91 Å². The minimum atomic E-state index is -0.226. The van der Waals surface area contributed by atoms with Gasteiger partial charge in [0, 0.05) is 10.7 Å². The summed E-state index contributed by atoms with van der Waals surface area (Å²) in [5.41, 5.74) is 3.40. The second kappa shape index (κ2) is 6.29. The highest BCUT2D eigenvalue weighted by molar-refractivity contribution is 6.37. The molecule has 2 aromatic carbocycles. The van der Waals surface area contributed by atoms with Gasteiger partial charge >= 0.3 is 0 Å². The van der Waals surface area contributed by atoms with Gasteiger partial charge in [-0.3, -0.25) is 4.79 Å². The highest BCUT2D eigenvalue weighted by Crippen LogP contribution is 2.25. The molecule has 0 fully saturated rings. The average Bonchev–Trinajstić information content (AvgIpc) is 2.40. The van der Waals surface area contributed by atoms with Crippen molar-refractivity contribution in [1.82, 2.24) is 0 Å². The minimum Gasteiger partial charge on any atom is -0.321 e. The number of carbonyl (C=O) groups excluding carboxylic acids is 1. The van der Waals surface area contributed by atoms with Gasteiger partial charge in [-0.15, -0.1) is 0 Å². The van der Waals surface area contributed by atoms with Crippen LogP contribution >= 0.6 is 23.2 Å². The summed E-state index contributed by atoms with van der Waals surface area (Å²) in [7, 11) is 0. The third-order valence-corrected chi connectivity index (χ3v) is 3.70. The van der Waals surface area contributed by atoms with Crippen LogP contribution in [-0.2, 0) is 6.42 Å². The Kier molecular flexibility index (Phi) is 4.69. The Morgan fingerprint density at radius 2 is 1.95 bits per heavy atom. The molecule has 2 rings (SSSR count). The van der Waals surface area contributed by atoms with Crippen molar-refractivity contribution in [3.8, 4) is 0 Å². The molecule has 104 valence electrons. The maximum absolute atomic E-state index is 12.3. The molecular weight excluding hydrogens is 293 g/mol. The zero-order valence-corrected chi connectivity index (χ0v) is 12.8. The van der Waals surface area contributed by atoms with Gasteiger partial charge in [0.2, 0.25) is 0 Å². The smallest absolute Gasteiger partial charge is 0.257 e. The Morgan fingerprint density at radius 1 is 1.20 bits per heavy atom. The van der Waals surface area contributed by atoms with Crippen molar-refractivity contribution in [3.63, 3.8) is 0 Å². The fraction of sp³-hybridized carbons (Fsp3) is 0.188. The van der Waals surface area contributed by atoms with E-state index in [0.717, 1.165) is 23.2 Å². The lowest BCUT2D eigenvalue weighted by Crippen LogP contribution is -2.14. The molecule has 0 aliphatic heterocycles. The fourth-order valence-corrected chi connectivity index (χ4v) is 2.55. The summed E-state index contributed by atoms with van der Waals surface area (Å²) in [5, 5.41) is 3.80. The zero-order valence-electron chi connectivity index (χ0n) is 11.3. The molecule has 20 heavy (non-hydrogen) atoms. The standard InChI is InChI=1S/C16H15Cl2NO/c1-3-11-6-4-5-10(2)15(11)19-16(20)13-8-7-12(17)9-14(13)18/h4-9H,3H2,1-2H3,(H,19,20). The van der Waals surface area contributed by atoms with Crippen molar-refractivity contribution in [2.24, 2.45) is 0 Å². The van der Waals surface area contributed by atoms with Gasteiger partial charge in [-0.05, 0) is 42.7 Å². The van der Waals surface area contributed by atoms with Crippen LogP contribution in [0.15, 0.2) is 36.4 Å². The highest BCUT2D eigenvalue weighted by atomic mass is 35.5. The second-order valence-electron chi connectivity index (χ2n) is 4.54. The molecule has 1 N–H and O–H groups in total. The van der Waals surface area contributed by atoms with Crippen LogP contribution in [0.3, 0.4) is 0 Å². The maximum Gasteiger partial charge on any atom is 0.257 e. The van der Waals surface area contributed by atoms with Gasteiger partial charge in [-0.25, -0.2) is 0 Å². The second-order valence-corrected chi connectivity index (χ2v) is 5.38. The predicted molar refractivity (Wildman–Crippen MR) is 85.0 cm³/mol. The van der Waals surface area contributed by atoms with E-state index in [2.05, 4.69) is 12.2 Å². The van der Waals surface area contributed by atoms with Crippen molar-refractivity contribution in [2.45, 2.75) is 20.3 Å². The number of benzene rings is 2. The van der Waals surface area contributed by atoms with E-state index in [1.54, 1.807) is 18.2 Å². The minimum absolute atomic E-state index is 0.226. The van der Waals surface area contributed by atoms with Crippen LogP contribution in [-0.4, -0.2) is 5.91 Å². The van der Waals surface area contributed by atoms with Gasteiger partial charge in [-0.2, -0.15) is 0 Å². The summed E-state index contributed by atoms with van der Waals surface area (Å²) >= 11 is 11.9. The van der Waals surface area contributed by atoms with Crippen molar-refractivity contribution in [2.75, 3.05) is 5.32 Å². The molecular formula is C16H15Cl2NO. The predicted octanol–water partition coefficient (Wildman–Crippen LogP) is 5.12. The number of halogens is 2. The molecule has 0 bridgehead atoms. The third-order valence-electron chi connectivity index (χ3n) is 3.15. The lowest BCUT2D eigenvalue weighted by atomic mass is 10.1. The summed E-state index contributed by atoms with van der Waals surface area (Å²) in [6, 6.07) is 10.8. The number of hydrogen-bond acceptors (Lipinski definition) is 1. The first-order chi connectivity index (χ1) is 9.52. The number of amides is 1. The Hall–Kier alpha value is -1.51. The summed E-state index contributed by atoms with van der Waals surface area (Å²) < 4.78 is 0. The van der Waals surface area contributed by atoms with E-state index in [0.29, 0.717) is 15.6 Å². The molecule has 4 heteroatoms. The fourth-order valence-electron chi connectivity index (χ4n) is 2.06. The number of carbonyl (C=O) groups is 1. The normalized spacial score (nSPS) is 10.4. The lowest BCUT2D eigenvalue weighted by Gasteiger charge is -2.13. The van der Waals surface area contributed by atoms with Crippen LogP contribution in [0.4, 0.5) is 5.69 Å². The molecule has 0 aromatic heterocycles. The van der Waals surface area contributed by atoms with Gasteiger partial charge in [0.1, 0.15) is 0 Å². The Balaban J connectivity index is 2.33. The molecule has 0 saturated heterocycles. The van der Waals surface area contributed by atoms with Crippen LogP contribution in [0.2, 0.25) is 10.0 Å². The molecule has 2 nitrogen and oxygen atoms in total. The van der Waals surface area contributed by atoms with Crippen LogP contribution in [0, 0.1) is 6.92 Å². The van der Waals surface area contributed by atoms with Gasteiger partial charge in [0.15, 0.2) is 0 Å². The number of para-hydroxylation sites is 1. The zero-order chi connectivity index (χ0) is 14.7. The third kappa shape index (κ3) is 3.14. The average molecular weight is 308 g/mol. The van der Waals surface area contributed by atoms with Gasteiger partial charge < -0.3 is 5.32 Å². The van der Waals surface area contributed by atoms with Crippen molar-refractivity contribution >= 4 is 34.8 Å². The van der Waals surface area contributed by atoms with Crippen LogP contribution in [0.25, 0.3) is 0 Å². The van der Waals surface area contributed by atoms with E-state index in [4.69, 9.17) is 23.2 Å². The van der Waals surface area contributed by atoms with E-state index < -0.39 is 0 Å². The van der Waals surface area contributed by atoms with Crippen molar-refractivity contribution in [1.29, 1.82) is 0 Å². The Morgan fingerprint density at radius 3 is 2.60 bits per heavy atom. The monoisotopic (exact) mass is 307 g/mol. The van der Waals surface area contributed by atoms with E-state index in [1.165, 1.54) is 0 Å². The first-order valence-electron chi connectivity index (χ1n) is 6.37. The molecule has 1 amide bonds. The van der Waals surface area contributed by atoms with Gasteiger partial charge in [0.05, 0.1) is 10.6 Å². The molecule has 0 aliphatic rings. The summed E-state index contributed by atoms with van der Waals surface area (Å²) in [6.45, 7) is 4.03. The topological polar surface area (TPSA) is 29.1 Å². The van der Waals surface area contributed by atoms with Crippen LogP contribution in [0.5, 0.6) is 0 Å². The molecule has 0 unspecified atom stereocenters. The first kappa shape index (κ1) is 14.9. The number of anilines is 1. The highest BCUT2D eigenvalue weighted by Gasteiger charge is 2.13.